The van der Waals surface area contributed by atoms with E-state index in [2.05, 4.69) is 10.0 Å². The van der Waals surface area contributed by atoms with Gasteiger partial charge in [0.15, 0.2) is 6.29 Å². The van der Waals surface area contributed by atoms with Crippen LogP contribution in [-0.4, -0.2) is 45.7 Å². The molecule has 3 rings (SSSR count). The molecule has 2 aliphatic rings. The topological polar surface area (TPSA) is 119 Å². The Hall–Kier alpha value is -2.28. The van der Waals surface area contributed by atoms with E-state index in [0.29, 0.717) is 12.8 Å². The molecule has 1 aliphatic carbocycles. The molecule has 0 spiro atoms. The first-order valence-electron chi connectivity index (χ1n) is 8.51. The summed E-state index contributed by atoms with van der Waals surface area (Å²) in [6, 6.07) is 8.53. The molecule has 8 heteroatoms. The number of carbonyl (C=O) groups is 1. The van der Waals surface area contributed by atoms with Crippen LogP contribution in [0, 0.1) is 5.92 Å². The first kappa shape index (κ1) is 17.5. The number of hydrogen-bond donors (Lipinski definition) is 2. The number of ether oxygens (including phenoxy) is 1. The van der Waals surface area contributed by atoms with Gasteiger partial charge in [0.05, 0.1) is 18.2 Å². The van der Waals surface area contributed by atoms with E-state index < -0.39 is 24.5 Å². The van der Waals surface area contributed by atoms with Gasteiger partial charge >= 0.3 is 6.09 Å². The zero-order valence-electron chi connectivity index (χ0n) is 13.8. The first-order valence-corrected chi connectivity index (χ1v) is 8.51. The number of azide groups is 1. The summed E-state index contributed by atoms with van der Waals surface area (Å²) in [5.74, 6) is 0.244. The molecule has 8 nitrogen and oxygen atoms in total. The smallest absolute Gasteiger partial charge is 0.407 e. The third-order valence-electron chi connectivity index (χ3n) is 4.88. The first-order chi connectivity index (χ1) is 12.1. The van der Waals surface area contributed by atoms with Crippen molar-refractivity contribution in [2.45, 2.75) is 56.7 Å². The molecule has 1 saturated heterocycles. The van der Waals surface area contributed by atoms with Gasteiger partial charge in [-0.25, -0.2) is 4.79 Å². The Balaban J connectivity index is 1.77. The third kappa shape index (κ3) is 4.22. The molecule has 2 N–H and O–H groups in total. The van der Waals surface area contributed by atoms with E-state index in [9.17, 15) is 15.0 Å². The van der Waals surface area contributed by atoms with Crippen molar-refractivity contribution in [3.8, 4) is 0 Å². The summed E-state index contributed by atoms with van der Waals surface area (Å²) < 4.78 is 5.67. The number of hydrogen-bond acceptors (Lipinski definition) is 4. The zero-order valence-corrected chi connectivity index (χ0v) is 13.8. The lowest BCUT2D eigenvalue weighted by Gasteiger charge is -2.40. The van der Waals surface area contributed by atoms with Crippen LogP contribution in [0.1, 0.15) is 31.2 Å². The summed E-state index contributed by atoms with van der Waals surface area (Å²) in [5, 5.41) is 23.4. The highest BCUT2D eigenvalue weighted by Crippen LogP contribution is 2.41. The average Bonchev–Trinajstić information content (AvgIpc) is 3.42. The maximum Gasteiger partial charge on any atom is 0.407 e. The molecule has 4 atom stereocenters. The van der Waals surface area contributed by atoms with Crippen LogP contribution in [0.2, 0.25) is 0 Å². The van der Waals surface area contributed by atoms with Crippen molar-refractivity contribution < 1.29 is 19.7 Å². The molecule has 1 amide bonds. The van der Waals surface area contributed by atoms with Crippen LogP contribution < -0.4 is 0 Å². The number of aliphatic hydroxyl groups is 1. The number of amides is 1. The number of benzene rings is 1. The van der Waals surface area contributed by atoms with Gasteiger partial charge in [0.2, 0.25) is 0 Å². The van der Waals surface area contributed by atoms with E-state index in [1.54, 1.807) is 0 Å². The lowest BCUT2D eigenvalue weighted by Crippen LogP contribution is -2.52. The maximum absolute atomic E-state index is 11.9. The molecule has 1 aromatic rings. The largest absolute Gasteiger partial charge is 0.465 e. The molecule has 0 radical (unpaired) electrons. The zero-order chi connectivity index (χ0) is 17.8. The van der Waals surface area contributed by atoms with E-state index in [1.807, 2.05) is 30.3 Å². The minimum absolute atomic E-state index is 0.244. The predicted molar refractivity (Wildman–Crippen MR) is 89.6 cm³/mol. The van der Waals surface area contributed by atoms with Gasteiger partial charge in [-0.05, 0) is 42.7 Å². The van der Waals surface area contributed by atoms with Crippen LogP contribution in [0.4, 0.5) is 4.79 Å². The molecule has 2 fully saturated rings. The Labute approximate surface area is 145 Å². The molecule has 0 bridgehead atoms. The molecule has 25 heavy (non-hydrogen) atoms. The highest BCUT2D eigenvalue weighted by atomic mass is 16.6. The summed E-state index contributed by atoms with van der Waals surface area (Å²) in [5.41, 5.74) is 9.46. The summed E-state index contributed by atoms with van der Waals surface area (Å²) in [4.78, 5) is 16.1. The van der Waals surface area contributed by atoms with Gasteiger partial charge in [-0.2, -0.15) is 0 Å². The Morgan fingerprint density at radius 2 is 2.04 bits per heavy atom. The van der Waals surface area contributed by atoms with Crippen molar-refractivity contribution in [3.63, 3.8) is 0 Å². The molecule has 1 aromatic carbocycles. The maximum atomic E-state index is 11.9. The summed E-state index contributed by atoms with van der Waals surface area (Å²) in [6.45, 7) is 0.285. The average molecular weight is 346 g/mol. The molecule has 1 aliphatic heterocycles. The molecule has 2 unspecified atom stereocenters. The van der Waals surface area contributed by atoms with E-state index in [4.69, 9.17) is 10.3 Å². The SMILES string of the molecule is [N-]=[N+]=NC1CC[C@@H]([C@H](C2CC2)N(Cc2ccccc2)C(=O)O)OC1O. The lowest BCUT2D eigenvalue weighted by atomic mass is 9.94. The van der Waals surface area contributed by atoms with Gasteiger partial charge in [0.25, 0.3) is 0 Å². The second-order valence-corrected chi connectivity index (χ2v) is 6.64. The second kappa shape index (κ2) is 7.74. The van der Waals surface area contributed by atoms with Gasteiger partial charge < -0.3 is 14.9 Å². The quantitative estimate of drug-likeness (QED) is 0.467. The van der Waals surface area contributed by atoms with Crippen LogP contribution in [0.3, 0.4) is 0 Å². The molecule has 0 aromatic heterocycles. The fourth-order valence-corrected chi connectivity index (χ4v) is 3.52. The van der Waals surface area contributed by atoms with Crippen LogP contribution in [-0.2, 0) is 11.3 Å². The van der Waals surface area contributed by atoms with Crippen molar-refractivity contribution in [3.05, 3.63) is 46.3 Å². The highest BCUT2D eigenvalue weighted by Gasteiger charge is 2.45. The van der Waals surface area contributed by atoms with E-state index in [-0.39, 0.29) is 18.5 Å². The highest BCUT2D eigenvalue weighted by molar-refractivity contribution is 5.65. The van der Waals surface area contributed by atoms with Crippen LogP contribution in [0.15, 0.2) is 35.4 Å². The standard InChI is InChI=1S/C17H22N4O4/c18-20-19-13-8-9-14(25-16(13)22)15(12-6-7-12)21(17(23)24)10-11-4-2-1-3-5-11/h1-5,12-16,22H,6-10H2,(H,23,24)/t13?,14-,15-,16?/m0/s1. The molecule has 1 saturated carbocycles. The fourth-order valence-electron chi connectivity index (χ4n) is 3.52. The summed E-state index contributed by atoms with van der Waals surface area (Å²) in [6.07, 6.45) is 0.378. The van der Waals surface area contributed by atoms with Gasteiger partial charge in [-0.1, -0.05) is 35.4 Å². The number of nitrogens with zero attached hydrogens (tertiary/aromatic N) is 4. The van der Waals surface area contributed by atoms with Crippen LogP contribution in [0.5, 0.6) is 0 Å². The van der Waals surface area contributed by atoms with Crippen LogP contribution in [0.25, 0.3) is 10.4 Å². The molecule has 1 heterocycles. The van der Waals surface area contributed by atoms with E-state index in [0.717, 1.165) is 18.4 Å². The van der Waals surface area contributed by atoms with Crippen LogP contribution >= 0.6 is 0 Å². The number of rotatable bonds is 6. The summed E-state index contributed by atoms with van der Waals surface area (Å²) in [7, 11) is 0. The molecule has 134 valence electrons. The van der Waals surface area contributed by atoms with Crippen molar-refractivity contribution in [1.29, 1.82) is 0 Å². The minimum Gasteiger partial charge on any atom is -0.465 e. The minimum atomic E-state index is -1.19. The monoisotopic (exact) mass is 346 g/mol. The van der Waals surface area contributed by atoms with Crippen molar-refractivity contribution in [2.75, 3.05) is 0 Å². The van der Waals surface area contributed by atoms with E-state index in [1.165, 1.54) is 4.90 Å². The van der Waals surface area contributed by atoms with Gasteiger partial charge in [0, 0.05) is 11.5 Å². The van der Waals surface area contributed by atoms with Crippen molar-refractivity contribution in [1.82, 2.24) is 4.90 Å². The lowest BCUT2D eigenvalue weighted by molar-refractivity contribution is -0.190. The molecular formula is C17H22N4O4. The molecular weight excluding hydrogens is 324 g/mol. The summed E-state index contributed by atoms with van der Waals surface area (Å²) >= 11 is 0. The Bertz CT molecular complexity index is 645. The van der Waals surface area contributed by atoms with E-state index >= 15 is 0 Å². The Kier molecular flexibility index (Phi) is 5.43. The Morgan fingerprint density at radius 3 is 2.60 bits per heavy atom. The van der Waals surface area contributed by atoms with Gasteiger partial charge in [-0.3, -0.25) is 4.90 Å². The fraction of sp³-hybridized carbons (Fsp3) is 0.588. The number of aliphatic hydroxyl groups excluding tert-OH is 1. The predicted octanol–water partition coefficient (Wildman–Crippen LogP) is 3.12. The number of carboxylic acid groups (broad SMARTS) is 1. The normalized spacial score (nSPS) is 27.2. The third-order valence-corrected chi connectivity index (χ3v) is 4.88. The van der Waals surface area contributed by atoms with Gasteiger partial charge in [-0.15, -0.1) is 0 Å². The van der Waals surface area contributed by atoms with Gasteiger partial charge in [0.1, 0.15) is 0 Å². The van der Waals surface area contributed by atoms with Crippen molar-refractivity contribution >= 4 is 6.09 Å². The van der Waals surface area contributed by atoms with Crippen molar-refractivity contribution in [2.24, 2.45) is 11.0 Å². The Morgan fingerprint density at radius 1 is 1.32 bits per heavy atom. The second-order valence-electron chi connectivity index (χ2n) is 6.64.